The van der Waals surface area contributed by atoms with E-state index in [1.165, 1.54) is 4.88 Å². The molecule has 120 valence electrons. The molecule has 0 radical (unpaired) electrons. The number of thiophene rings is 1. The predicted molar refractivity (Wildman–Crippen MR) is 98.8 cm³/mol. The predicted octanol–water partition coefficient (Wildman–Crippen LogP) is 4.93. The highest BCUT2D eigenvalue weighted by Crippen LogP contribution is 2.31. The summed E-state index contributed by atoms with van der Waals surface area (Å²) < 4.78 is 5.95. The molecule has 1 amide bonds. The van der Waals surface area contributed by atoms with Crippen LogP contribution in [0.2, 0.25) is 0 Å². The molecule has 2 aromatic heterocycles. The van der Waals surface area contributed by atoms with Gasteiger partial charge in [0, 0.05) is 27.8 Å². The minimum Gasteiger partial charge on any atom is -0.450 e. The van der Waals surface area contributed by atoms with Crippen LogP contribution in [0.5, 0.6) is 0 Å². The van der Waals surface area contributed by atoms with Gasteiger partial charge in [-0.2, -0.15) is 0 Å². The smallest absolute Gasteiger partial charge is 0.287 e. The summed E-state index contributed by atoms with van der Waals surface area (Å²) in [7, 11) is 0. The Morgan fingerprint density at radius 3 is 2.79 bits per heavy atom. The van der Waals surface area contributed by atoms with Gasteiger partial charge in [0.1, 0.15) is 5.58 Å². The lowest BCUT2D eigenvalue weighted by Gasteiger charge is -2.02. The number of hydrogen-bond donors (Lipinski definition) is 1. The quantitative estimate of drug-likeness (QED) is 0.574. The van der Waals surface area contributed by atoms with E-state index < -0.39 is 0 Å². The third kappa shape index (κ3) is 2.59. The van der Waals surface area contributed by atoms with Gasteiger partial charge in [-0.1, -0.05) is 42.5 Å². The Kier molecular flexibility index (Phi) is 3.82. The van der Waals surface area contributed by atoms with Crippen molar-refractivity contribution in [3.63, 3.8) is 0 Å². The summed E-state index contributed by atoms with van der Waals surface area (Å²) in [4.78, 5) is 13.8. The third-order valence-corrected chi connectivity index (χ3v) is 5.21. The monoisotopic (exact) mass is 335 g/mol. The maximum absolute atomic E-state index is 12.5. The average molecular weight is 335 g/mol. The summed E-state index contributed by atoms with van der Waals surface area (Å²) in [5.41, 5.74) is 1.68. The second kappa shape index (κ2) is 6.13. The molecule has 4 rings (SSSR count). The lowest BCUT2D eigenvalue weighted by Crippen LogP contribution is -2.25. The van der Waals surface area contributed by atoms with Crippen LogP contribution in [0.1, 0.15) is 21.0 Å². The van der Waals surface area contributed by atoms with Crippen molar-refractivity contribution in [3.8, 4) is 0 Å². The van der Waals surface area contributed by atoms with Crippen LogP contribution in [-0.2, 0) is 6.42 Å². The Morgan fingerprint density at radius 1 is 1.08 bits per heavy atom. The van der Waals surface area contributed by atoms with Crippen LogP contribution < -0.4 is 5.32 Å². The highest BCUT2D eigenvalue weighted by molar-refractivity contribution is 7.09. The molecular formula is C20H17NO2S. The van der Waals surface area contributed by atoms with Crippen LogP contribution in [0.15, 0.2) is 58.3 Å². The number of benzene rings is 2. The van der Waals surface area contributed by atoms with Gasteiger partial charge in [0.2, 0.25) is 0 Å². The van der Waals surface area contributed by atoms with Gasteiger partial charge < -0.3 is 9.73 Å². The van der Waals surface area contributed by atoms with Crippen LogP contribution in [0.4, 0.5) is 0 Å². The summed E-state index contributed by atoms with van der Waals surface area (Å²) >= 11 is 1.70. The molecule has 1 N–H and O–H groups in total. The first-order chi connectivity index (χ1) is 11.7. The van der Waals surface area contributed by atoms with Gasteiger partial charge in [0.15, 0.2) is 5.76 Å². The minimum absolute atomic E-state index is 0.149. The second-order valence-corrected chi connectivity index (χ2v) is 6.84. The summed E-state index contributed by atoms with van der Waals surface area (Å²) in [6.45, 7) is 2.55. The molecule has 0 spiro atoms. The fraction of sp³-hybridized carbons (Fsp3) is 0.150. The molecular weight excluding hydrogens is 318 g/mol. The number of aryl methyl sites for hydroxylation is 1. The number of fused-ring (bicyclic) bond motifs is 3. The van der Waals surface area contributed by atoms with E-state index in [9.17, 15) is 4.79 Å². The molecule has 24 heavy (non-hydrogen) atoms. The average Bonchev–Trinajstić information content (AvgIpc) is 3.23. The molecule has 0 saturated heterocycles. The van der Waals surface area contributed by atoms with Crippen molar-refractivity contribution in [3.05, 3.63) is 70.1 Å². The number of amides is 1. The molecule has 0 saturated carbocycles. The summed E-state index contributed by atoms with van der Waals surface area (Å²) in [5, 5.41) is 8.16. The van der Waals surface area contributed by atoms with Crippen LogP contribution >= 0.6 is 11.3 Å². The molecule has 2 heterocycles. The minimum atomic E-state index is -0.149. The van der Waals surface area contributed by atoms with E-state index in [2.05, 4.69) is 17.4 Å². The number of hydrogen-bond acceptors (Lipinski definition) is 3. The number of rotatable bonds is 4. The Labute approximate surface area is 143 Å². The first-order valence-electron chi connectivity index (χ1n) is 7.95. The fourth-order valence-electron chi connectivity index (χ4n) is 3.00. The van der Waals surface area contributed by atoms with Gasteiger partial charge in [-0.25, -0.2) is 0 Å². The molecule has 2 aromatic carbocycles. The number of nitrogens with one attached hydrogen (secondary N) is 1. The molecule has 0 aliphatic heterocycles. The molecule has 0 unspecified atom stereocenters. The highest BCUT2D eigenvalue weighted by atomic mass is 32.1. The van der Waals surface area contributed by atoms with Crippen LogP contribution in [-0.4, -0.2) is 12.5 Å². The van der Waals surface area contributed by atoms with Gasteiger partial charge in [-0.05, 0) is 30.2 Å². The number of carbonyl (C=O) groups excluding carboxylic acids is 1. The lowest BCUT2D eigenvalue weighted by molar-refractivity contribution is 0.0928. The topological polar surface area (TPSA) is 42.2 Å². The van der Waals surface area contributed by atoms with Crippen molar-refractivity contribution >= 4 is 39.0 Å². The zero-order valence-electron chi connectivity index (χ0n) is 13.3. The number of furan rings is 1. The zero-order chi connectivity index (χ0) is 16.5. The highest BCUT2D eigenvalue weighted by Gasteiger charge is 2.18. The standard InChI is InChI=1S/C20H17NO2S/c1-13-16-9-8-14-5-2-3-7-17(14)19(16)23-18(13)20(22)21-11-10-15-6-4-12-24-15/h2-9,12H,10-11H2,1H3,(H,21,22). The first-order valence-corrected chi connectivity index (χ1v) is 8.83. The van der Waals surface area contributed by atoms with E-state index >= 15 is 0 Å². The van der Waals surface area contributed by atoms with Gasteiger partial charge in [-0.3, -0.25) is 4.79 Å². The molecule has 0 atom stereocenters. The van der Waals surface area contributed by atoms with Gasteiger partial charge in [0.05, 0.1) is 0 Å². The van der Waals surface area contributed by atoms with Crippen molar-refractivity contribution in [1.29, 1.82) is 0 Å². The van der Waals surface area contributed by atoms with Crippen LogP contribution in [0, 0.1) is 6.92 Å². The summed E-state index contributed by atoms with van der Waals surface area (Å²) in [5.74, 6) is 0.261. The molecule has 4 aromatic rings. The fourth-order valence-corrected chi connectivity index (χ4v) is 3.71. The van der Waals surface area contributed by atoms with Gasteiger partial charge in [-0.15, -0.1) is 11.3 Å². The van der Waals surface area contributed by atoms with E-state index in [4.69, 9.17) is 4.42 Å². The Bertz CT molecular complexity index is 1010. The van der Waals surface area contributed by atoms with Crippen molar-refractivity contribution in [2.75, 3.05) is 6.54 Å². The normalized spacial score (nSPS) is 11.2. The van der Waals surface area contributed by atoms with Crippen molar-refractivity contribution in [2.24, 2.45) is 0 Å². The summed E-state index contributed by atoms with van der Waals surface area (Å²) in [6.07, 6.45) is 0.839. The second-order valence-electron chi connectivity index (χ2n) is 5.80. The Morgan fingerprint density at radius 2 is 1.96 bits per heavy atom. The van der Waals surface area contributed by atoms with E-state index in [1.807, 2.05) is 48.7 Å². The van der Waals surface area contributed by atoms with Gasteiger partial charge in [0.25, 0.3) is 5.91 Å². The molecule has 0 aliphatic rings. The molecule has 4 heteroatoms. The van der Waals surface area contributed by atoms with E-state index in [0.29, 0.717) is 12.3 Å². The first kappa shape index (κ1) is 15.0. The van der Waals surface area contributed by atoms with Gasteiger partial charge >= 0.3 is 0 Å². The lowest BCUT2D eigenvalue weighted by atomic mass is 10.1. The van der Waals surface area contributed by atoms with E-state index in [1.54, 1.807) is 11.3 Å². The maximum atomic E-state index is 12.5. The SMILES string of the molecule is Cc1c(C(=O)NCCc2cccs2)oc2c1ccc1ccccc12. The van der Waals surface area contributed by atoms with Crippen LogP contribution in [0.3, 0.4) is 0 Å². The molecule has 3 nitrogen and oxygen atoms in total. The van der Waals surface area contributed by atoms with Crippen molar-refractivity contribution in [2.45, 2.75) is 13.3 Å². The number of carbonyl (C=O) groups is 1. The zero-order valence-corrected chi connectivity index (χ0v) is 14.2. The largest absolute Gasteiger partial charge is 0.450 e. The maximum Gasteiger partial charge on any atom is 0.287 e. The van der Waals surface area contributed by atoms with Crippen molar-refractivity contribution < 1.29 is 9.21 Å². The van der Waals surface area contributed by atoms with Crippen LogP contribution in [0.25, 0.3) is 21.7 Å². The van der Waals surface area contributed by atoms with E-state index in [-0.39, 0.29) is 5.91 Å². The van der Waals surface area contributed by atoms with Crippen molar-refractivity contribution in [1.82, 2.24) is 5.32 Å². The van der Waals surface area contributed by atoms with E-state index in [0.717, 1.165) is 33.7 Å². The third-order valence-electron chi connectivity index (χ3n) is 4.27. The molecule has 0 fully saturated rings. The molecule has 0 bridgehead atoms. The molecule has 0 aliphatic carbocycles. The summed E-state index contributed by atoms with van der Waals surface area (Å²) in [6, 6.07) is 16.3. The Balaban J connectivity index is 1.62. The Hall–Kier alpha value is -2.59.